The molecule has 1 rings (SSSR count). The minimum absolute atomic E-state index is 0. The summed E-state index contributed by atoms with van der Waals surface area (Å²) >= 11 is 0. The average Bonchev–Trinajstić information content (AvgIpc) is 2.44. The molecule has 1 saturated carbocycles. The molecule has 0 aromatic heterocycles. The maximum absolute atomic E-state index is 11.0. The van der Waals surface area contributed by atoms with Crippen molar-refractivity contribution in [2.45, 2.75) is 37.8 Å². The molecule has 4 N–H and O–H groups in total. The van der Waals surface area contributed by atoms with Crippen molar-refractivity contribution < 1.29 is 39.6 Å². The number of carboxylic acids is 4. The van der Waals surface area contributed by atoms with Gasteiger partial charge in [-0.25, -0.2) is 0 Å². The van der Waals surface area contributed by atoms with E-state index in [-0.39, 0.29) is 59.1 Å². The van der Waals surface area contributed by atoms with Gasteiger partial charge in [0.05, 0.1) is 26.2 Å². The molecule has 0 aromatic rings. The van der Waals surface area contributed by atoms with Crippen LogP contribution < -0.4 is 0 Å². The molecule has 0 bridgehead atoms. The smallest absolute Gasteiger partial charge is 0.317 e. The van der Waals surface area contributed by atoms with E-state index in [0.717, 1.165) is 12.8 Å². The van der Waals surface area contributed by atoms with Crippen molar-refractivity contribution in [2.75, 3.05) is 26.2 Å². The van der Waals surface area contributed by atoms with E-state index >= 15 is 0 Å². The molecule has 26 heavy (non-hydrogen) atoms. The molecule has 138 valence electrons. The van der Waals surface area contributed by atoms with E-state index in [1.54, 1.807) is 0 Å². The second-order valence-electron chi connectivity index (χ2n) is 5.80. The molecule has 0 aliphatic heterocycles. The standard InChI is InChI=1S/C14H22N2O8.2Na/c17-11(18)5-15(6-12(19)20)9-3-1-2-4-10(9)16(7-13(21)22)8-14(23)24;;/h9-10H,1-8H2,(H,17,18)(H,19,20)(H,21,22)(H,23,24);;/t9-,10-;;/m1../s1. The van der Waals surface area contributed by atoms with Crippen molar-refractivity contribution in [1.82, 2.24) is 9.80 Å². The fourth-order valence-corrected chi connectivity index (χ4v) is 3.22. The van der Waals surface area contributed by atoms with Crippen molar-refractivity contribution in [2.24, 2.45) is 0 Å². The van der Waals surface area contributed by atoms with Crippen molar-refractivity contribution in [3.8, 4) is 0 Å². The molecule has 0 unspecified atom stereocenters. The van der Waals surface area contributed by atoms with Crippen molar-refractivity contribution in [3.63, 3.8) is 0 Å². The number of carboxylic acid groups (broad SMARTS) is 4. The van der Waals surface area contributed by atoms with Gasteiger partial charge < -0.3 is 20.4 Å². The van der Waals surface area contributed by atoms with Crippen LogP contribution in [0.4, 0.5) is 0 Å². The first-order valence-corrected chi connectivity index (χ1v) is 7.56. The number of rotatable bonds is 10. The fraction of sp³-hybridized carbons (Fsp3) is 0.714. The molecule has 2 atom stereocenters. The molecule has 0 aromatic carbocycles. The third kappa shape index (κ3) is 10.2. The molecule has 0 spiro atoms. The van der Waals surface area contributed by atoms with Crippen molar-refractivity contribution in [1.29, 1.82) is 0 Å². The van der Waals surface area contributed by atoms with Gasteiger partial charge in [0.25, 0.3) is 0 Å². The van der Waals surface area contributed by atoms with Crippen molar-refractivity contribution in [3.05, 3.63) is 0 Å². The zero-order chi connectivity index (χ0) is 18.3. The van der Waals surface area contributed by atoms with E-state index in [2.05, 4.69) is 0 Å². The maximum Gasteiger partial charge on any atom is 0.317 e. The Bertz CT molecular complexity index is 429. The Morgan fingerprint density at radius 2 is 0.846 bits per heavy atom. The Balaban J connectivity index is 0. The van der Waals surface area contributed by atoms with Crippen molar-refractivity contribution >= 4 is 83.0 Å². The summed E-state index contributed by atoms with van der Waals surface area (Å²) in [7, 11) is 0. The number of carbonyl (C=O) groups is 4. The number of aliphatic carboxylic acids is 4. The van der Waals surface area contributed by atoms with Crippen LogP contribution in [-0.2, 0) is 19.2 Å². The molecule has 1 aliphatic carbocycles. The summed E-state index contributed by atoms with van der Waals surface area (Å²) in [5.74, 6) is -4.76. The molecule has 10 nitrogen and oxygen atoms in total. The molecule has 0 amide bonds. The van der Waals surface area contributed by atoms with Crippen LogP contribution in [-0.4, -0.2) is 151 Å². The predicted molar refractivity (Wildman–Crippen MR) is 91.2 cm³/mol. The van der Waals surface area contributed by atoms with Gasteiger partial charge >= 0.3 is 23.9 Å². The SMILES string of the molecule is O=C(O)CN(CC(=O)O)[C@@H]1CCCC[C@H]1N(CC(=O)O)CC(=O)O.[Na].[Na]. The second-order valence-corrected chi connectivity index (χ2v) is 5.80. The number of hydrogen-bond donors (Lipinski definition) is 4. The number of nitrogens with zero attached hydrogens (tertiary/aromatic N) is 2. The van der Waals surface area contributed by atoms with E-state index in [4.69, 9.17) is 20.4 Å². The summed E-state index contributed by atoms with van der Waals surface area (Å²) in [6.07, 6.45) is 2.46. The zero-order valence-corrected chi connectivity index (χ0v) is 19.1. The molecule has 1 fully saturated rings. The summed E-state index contributed by atoms with van der Waals surface area (Å²) in [6.45, 7) is -1.99. The van der Waals surface area contributed by atoms with Crippen LogP contribution in [0.25, 0.3) is 0 Å². The van der Waals surface area contributed by atoms with Crippen LogP contribution in [0, 0.1) is 0 Å². The Hall–Kier alpha value is -0.200. The van der Waals surface area contributed by atoms with Gasteiger partial charge in [0, 0.05) is 71.2 Å². The van der Waals surface area contributed by atoms with Crippen LogP contribution in [0.15, 0.2) is 0 Å². The molecule has 0 saturated heterocycles. The van der Waals surface area contributed by atoms with E-state index in [0.29, 0.717) is 12.8 Å². The minimum Gasteiger partial charge on any atom is -0.480 e. The minimum atomic E-state index is -1.19. The molecule has 0 heterocycles. The van der Waals surface area contributed by atoms with Crippen LogP contribution in [0.5, 0.6) is 0 Å². The summed E-state index contributed by atoms with van der Waals surface area (Å²) in [5, 5.41) is 36.0. The molecular weight excluding hydrogens is 370 g/mol. The quantitative estimate of drug-likeness (QED) is 0.322. The summed E-state index contributed by atoms with van der Waals surface area (Å²) < 4.78 is 0. The largest absolute Gasteiger partial charge is 0.480 e. The van der Waals surface area contributed by atoms with Gasteiger partial charge in [0.2, 0.25) is 0 Å². The first-order valence-electron chi connectivity index (χ1n) is 7.56. The van der Waals surface area contributed by atoms with Gasteiger partial charge in [-0.15, -0.1) is 0 Å². The van der Waals surface area contributed by atoms with E-state index in [9.17, 15) is 19.2 Å². The molecule has 1 aliphatic rings. The predicted octanol–water partition coefficient (Wildman–Crippen LogP) is -1.52. The third-order valence-corrected chi connectivity index (χ3v) is 3.99. The van der Waals surface area contributed by atoms with Crippen LogP contribution in [0.1, 0.15) is 25.7 Å². The van der Waals surface area contributed by atoms with Gasteiger partial charge in [-0.05, 0) is 12.8 Å². The Morgan fingerprint density at radius 1 is 0.615 bits per heavy atom. The average molecular weight is 392 g/mol. The monoisotopic (exact) mass is 392 g/mol. The van der Waals surface area contributed by atoms with Gasteiger partial charge in [-0.2, -0.15) is 0 Å². The molecule has 2 radical (unpaired) electrons. The Labute approximate surface area is 195 Å². The van der Waals surface area contributed by atoms with Gasteiger partial charge in [0.15, 0.2) is 0 Å². The first-order chi connectivity index (χ1) is 11.2. The van der Waals surface area contributed by atoms with Crippen LogP contribution >= 0.6 is 0 Å². The molecule has 12 heteroatoms. The second kappa shape index (κ2) is 13.9. The zero-order valence-electron chi connectivity index (χ0n) is 15.1. The third-order valence-electron chi connectivity index (χ3n) is 3.99. The van der Waals surface area contributed by atoms with Crippen LogP contribution in [0.3, 0.4) is 0 Å². The first kappa shape index (κ1) is 28.0. The molecular formula is C14H22N2Na2O8. The Kier molecular flexibility index (Phi) is 15.0. The van der Waals surface area contributed by atoms with E-state index in [1.165, 1.54) is 9.80 Å². The Morgan fingerprint density at radius 3 is 1.04 bits per heavy atom. The fourth-order valence-electron chi connectivity index (χ4n) is 3.22. The summed E-state index contributed by atoms with van der Waals surface area (Å²) in [4.78, 5) is 46.7. The van der Waals surface area contributed by atoms with Gasteiger partial charge in [-0.3, -0.25) is 29.0 Å². The topological polar surface area (TPSA) is 156 Å². The van der Waals surface area contributed by atoms with Crippen LogP contribution in [0.2, 0.25) is 0 Å². The van der Waals surface area contributed by atoms with E-state index < -0.39 is 62.1 Å². The normalized spacial score (nSPS) is 19.3. The van der Waals surface area contributed by atoms with Gasteiger partial charge in [-0.1, -0.05) is 12.8 Å². The van der Waals surface area contributed by atoms with E-state index in [1.807, 2.05) is 0 Å². The summed E-state index contributed by atoms with van der Waals surface area (Å²) in [6, 6.07) is -1.05. The maximum atomic E-state index is 11.0. The number of hydrogen-bond acceptors (Lipinski definition) is 6. The summed E-state index contributed by atoms with van der Waals surface area (Å²) in [5.41, 5.74) is 0. The van der Waals surface area contributed by atoms with Gasteiger partial charge in [0.1, 0.15) is 0 Å².